The number of nitrogens with zero attached hydrogens (tertiary/aromatic N) is 2. The van der Waals surface area contributed by atoms with E-state index in [-0.39, 0.29) is 0 Å². The summed E-state index contributed by atoms with van der Waals surface area (Å²) in [5.41, 5.74) is 0.637. The van der Waals surface area contributed by atoms with Crippen LogP contribution in [0.1, 0.15) is 13.8 Å². The second-order valence-electron chi connectivity index (χ2n) is 4.43. The van der Waals surface area contributed by atoms with Crippen LogP contribution in [0.15, 0.2) is 12.4 Å². The first-order valence-corrected chi connectivity index (χ1v) is 7.09. The maximum absolute atomic E-state index is 6.15. The molecule has 21 heavy (non-hydrogen) atoms. The molecule has 0 amide bonds. The van der Waals surface area contributed by atoms with Gasteiger partial charge in [-0.25, -0.2) is 9.97 Å². The first-order valence-electron chi connectivity index (χ1n) is 6.71. The molecule has 1 aromatic carbocycles. The van der Waals surface area contributed by atoms with Crippen LogP contribution in [0.5, 0.6) is 17.2 Å². The molecule has 0 saturated heterocycles. The van der Waals surface area contributed by atoms with Gasteiger partial charge in [-0.05, 0) is 13.8 Å². The van der Waals surface area contributed by atoms with Crippen LogP contribution in [0.3, 0.4) is 0 Å². The summed E-state index contributed by atoms with van der Waals surface area (Å²) < 4.78 is 22.5. The molecule has 0 bridgehead atoms. The molecule has 6 nitrogen and oxygen atoms in total. The molecule has 0 saturated carbocycles. The quantitative estimate of drug-likeness (QED) is 0.639. The van der Waals surface area contributed by atoms with Crippen molar-refractivity contribution < 1.29 is 18.9 Å². The monoisotopic (exact) mass is 310 g/mol. The van der Waals surface area contributed by atoms with E-state index in [4.69, 9.17) is 30.5 Å². The Morgan fingerprint density at radius 2 is 2.05 bits per heavy atom. The molecule has 1 aromatic heterocycles. The van der Waals surface area contributed by atoms with E-state index in [1.807, 2.05) is 13.8 Å². The number of halogens is 1. The molecule has 0 radical (unpaired) electrons. The molecule has 1 aliphatic heterocycles. The van der Waals surface area contributed by atoms with Gasteiger partial charge in [0.05, 0.1) is 10.9 Å². The van der Waals surface area contributed by atoms with Crippen LogP contribution in [0.25, 0.3) is 10.9 Å². The maximum Gasteiger partial charge on any atom is 0.204 e. The summed E-state index contributed by atoms with van der Waals surface area (Å²) >= 11 is 6.15. The van der Waals surface area contributed by atoms with Crippen molar-refractivity contribution in [3.63, 3.8) is 0 Å². The van der Waals surface area contributed by atoms with Crippen LogP contribution in [-0.2, 0) is 4.74 Å². The summed E-state index contributed by atoms with van der Waals surface area (Å²) in [5.74, 6) is 1.55. The Morgan fingerprint density at radius 1 is 1.29 bits per heavy atom. The third kappa shape index (κ3) is 2.69. The van der Waals surface area contributed by atoms with E-state index in [1.165, 1.54) is 6.33 Å². The van der Waals surface area contributed by atoms with Gasteiger partial charge in [-0.15, -0.1) is 0 Å². The molecule has 2 heterocycles. The van der Waals surface area contributed by atoms with Crippen molar-refractivity contribution in [2.24, 2.45) is 0 Å². The Labute approximate surface area is 126 Å². The highest BCUT2D eigenvalue weighted by Crippen LogP contribution is 2.46. The predicted molar refractivity (Wildman–Crippen MR) is 77.3 cm³/mol. The topological polar surface area (TPSA) is 62.7 Å². The van der Waals surface area contributed by atoms with E-state index in [0.29, 0.717) is 53.1 Å². The fourth-order valence-corrected chi connectivity index (χ4v) is 2.43. The molecular formula is C14H15ClN2O4. The van der Waals surface area contributed by atoms with Gasteiger partial charge in [-0.3, -0.25) is 0 Å². The lowest BCUT2D eigenvalue weighted by atomic mass is 10.2. The van der Waals surface area contributed by atoms with Gasteiger partial charge >= 0.3 is 0 Å². The Balaban J connectivity index is 2.12. The summed E-state index contributed by atoms with van der Waals surface area (Å²) in [5, 5.41) is 0.955. The second kappa shape index (κ2) is 5.91. The molecule has 0 aliphatic carbocycles. The molecule has 2 aromatic rings. The van der Waals surface area contributed by atoms with E-state index in [1.54, 1.807) is 6.07 Å². The van der Waals surface area contributed by atoms with Crippen molar-refractivity contribution in [1.82, 2.24) is 9.97 Å². The van der Waals surface area contributed by atoms with Gasteiger partial charge < -0.3 is 18.9 Å². The zero-order valence-electron chi connectivity index (χ0n) is 11.8. The Kier molecular flexibility index (Phi) is 3.98. The molecule has 0 fully saturated rings. The van der Waals surface area contributed by atoms with Gasteiger partial charge in [0.2, 0.25) is 5.75 Å². The van der Waals surface area contributed by atoms with E-state index < -0.39 is 6.29 Å². The highest BCUT2D eigenvalue weighted by Gasteiger charge is 2.24. The third-order valence-corrected chi connectivity index (χ3v) is 3.31. The van der Waals surface area contributed by atoms with Crippen molar-refractivity contribution in [2.45, 2.75) is 20.1 Å². The highest BCUT2D eigenvalue weighted by atomic mass is 35.5. The van der Waals surface area contributed by atoms with Crippen LogP contribution in [0, 0.1) is 0 Å². The summed E-state index contributed by atoms with van der Waals surface area (Å²) in [7, 11) is 0. The van der Waals surface area contributed by atoms with Crippen LogP contribution >= 0.6 is 11.6 Å². The lowest BCUT2D eigenvalue weighted by Gasteiger charge is -2.24. The van der Waals surface area contributed by atoms with Crippen molar-refractivity contribution in [3.8, 4) is 17.2 Å². The van der Waals surface area contributed by atoms with Gasteiger partial charge in [0, 0.05) is 12.7 Å². The van der Waals surface area contributed by atoms with Crippen LogP contribution in [0.2, 0.25) is 5.15 Å². The lowest BCUT2D eigenvalue weighted by molar-refractivity contribution is -0.0630. The van der Waals surface area contributed by atoms with Crippen molar-refractivity contribution in [2.75, 3.05) is 19.8 Å². The Bertz CT molecular complexity index is 665. The standard InChI is InChI=1S/C14H15ClN2O4/c1-3-18-8(2)21-10-6-9-11(14(15)17-7-16-9)13-12(10)19-4-5-20-13/h6-8H,3-5H2,1-2H3. The van der Waals surface area contributed by atoms with Gasteiger partial charge in [0.15, 0.2) is 17.8 Å². The number of hydrogen-bond donors (Lipinski definition) is 0. The largest absolute Gasteiger partial charge is 0.485 e. The third-order valence-electron chi connectivity index (χ3n) is 3.03. The number of ether oxygens (including phenoxy) is 4. The Hall–Kier alpha value is -1.79. The van der Waals surface area contributed by atoms with Crippen LogP contribution < -0.4 is 14.2 Å². The zero-order chi connectivity index (χ0) is 14.8. The average molecular weight is 311 g/mol. The zero-order valence-corrected chi connectivity index (χ0v) is 12.5. The summed E-state index contributed by atoms with van der Waals surface area (Å²) in [6.07, 6.45) is 0.996. The van der Waals surface area contributed by atoms with Crippen LogP contribution in [-0.4, -0.2) is 36.1 Å². The summed E-state index contributed by atoms with van der Waals surface area (Å²) in [6.45, 7) is 5.17. The predicted octanol–water partition coefficient (Wildman–Crippen LogP) is 2.82. The molecule has 7 heteroatoms. The van der Waals surface area contributed by atoms with E-state index in [9.17, 15) is 0 Å². The van der Waals surface area contributed by atoms with Crippen molar-refractivity contribution >= 4 is 22.5 Å². The fourth-order valence-electron chi connectivity index (χ4n) is 2.21. The normalized spacial score (nSPS) is 15.0. The van der Waals surface area contributed by atoms with Gasteiger partial charge in [-0.2, -0.15) is 0 Å². The fraction of sp³-hybridized carbons (Fsp3) is 0.429. The average Bonchev–Trinajstić information content (AvgIpc) is 2.47. The first-order chi connectivity index (χ1) is 10.2. The number of fused-ring (bicyclic) bond motifs is 3. The Morgan fingerprint density at radius 3 is 2.81 bits per heavy atom. The van der Waals surface area contributed by atoms with Crippen LogP contribution in [0.4, 0.5) is 0 Å². The van der Waals surface area contributed by atoms with Gasteiger partial charge in [0.25, 0.3) is 0 Å². The highest BCUT2D eigenvalue weighted by molar-refractivity contribution is 6.34. The molecule has 0 N–H and O–H groups in total. The minimum atomic E-state index is -0.403. The number of aromatic nitrogens is 2. The van der Waals surface area contributed by atoms with Gasteiger partial charge in [0.1, 0.15) is 24.7 Å². The summed E-state index contributed by atoms with van der Waals surface area (Å²) in [6, 6.07) is 1.76. The molecule has 3 rings (SSSR count). The van der Waals surface area contributed by atoms with E-state index >= 15 is 0 Å². The second-order valence-corrected chi connectivity index (χ2v) is 4.79. The van der Waals surface area contributed by atoms with Crippen molar-refractivity contribution in [1.29, 1.82) is 0 Å². The van der Waals surface area contributed by atoms with Gasteiger partial charge in [-0.1, -0.05) is 11.6 Å². The lowest BCUT2D eigenvalue weighted by Crippen LogP contribution is -2.20. The molecule has 1 atom stereocenters. The van der Waals surface area contributed by atoms with Crippen molar-refractivity contribution in [3.05, 3.63) is 17.5 Å². The smallest absolute Gasteiger partial charge is 0.204 e. The molecule has 1 unspecified atom stereocenters. The summed E-state index contributed by atoms with van der Waals surface area (Å²) in [4.78, 5) is 8.20. The van der Waals surface area contributed by atoms with E-state index in [2.05, 4.69) is 9.97 Å². The first kappa shape index (κ1) is 14.2. The minimum absolute atomic E-state index is 0.325. The number of rotatable bonds is 4. The van der Waals surface area contributed by atoms with E-state index in [0.717, 1.165) is 0 Å². The molecular weight excluding hydrogens is 296 g/mol. The molecule has 1 aliphatic rings. The maximum atomic E-state index is 6.15. The SMILES string of the molecule is CCOC(C)Oc1cc2ncnc(Cl)c2c2c1OCCO2. The molecule has 112 valence electrons. The minimum Gasteiger partial charge on any atom is -0.485 e. The molecule has 0 spiro atoms. The number of benzene rings is 1. The number of hydrogen-bond acceptors (Lipinski definition) is 6.